The predicted octanol–water partition coefficient (Wildman–Crippen LogP) is 3.04. The van der Waals surface area contributed by atoms with Crippen LogP contribution in [0.3, 0.4) is 0 Å². The Morgan fingerprint density at radius 1 is 1.47 bits per heavy atom. The zero-order chi connectivity index (χ0) is 14.0. The third kappa shape index (κ3) is 4.01. The molecule has 0 aliphatic heterocycles. The molecule has 1 aliphatic carbocycles. The Morgan fingerprint density at radius 2 is 2.16 bits per heavy atom. The fraction of sp³-hybridized carbons (Fsp3) is 0.429. The summed E-state index contributed by atoms with van der Waals surface area (Å²) in [6.45, 7) is 2.60. The van der Waals surface area contributed by atoms with Crippen molar-refractivity contribution in [3.05, 3.63) is 33.8 Å². The van der Waals surface area contributed by atoms with Crippen LogP contribution >= 0.6 is 28.1 Å². The van der Waals surface area contributed by atoms with Crippen molar-refractivity contribution in [3.8, 4) is 0 Å². The van der Waals surface area contributed by atoms with Crippen molar-refractivity contribution in [2.75, 3.05) is 6.54 Å². The van der Waals surface area contributed by atoms with E-state index in [4.69, 9.17) is 18.0 Å². The lowest BCUT2D eigenvalue weighted by Gasteiger charge is -2.22. The van der Waals surface area contributed by atoms with E-state index in [2.05, 4.69) is 15.9 Å². The quantitative estimate of drug-likeness (QED) is 0.838. The van der Waals surface area contributed by atoms with Crippen LogP contribution in [0.4, 0.5) is 0 Å². The summed E-state index contributed by atoms with van der Waals surface area (Å²) in [6, 6.07) is 6.14. The third-order valence-corrected chi connectivity index (χ3v) is 3.80. The number of aryl methyl sites for hydroxylation is 1. The molecule has 0 atom stereocenters. The van der Waals surface area contributed by atoms with Crippen molar-refractivity contribution >= 4 is 39.0 Å². The van der Waals surface area contributed by atoms with Gasteiger partial charge in [0.2, 0.25) is 0 Å². The summed E-state index contributed by atoms with van der Waals surface area (Å²) in [5, 5.41) is 0. The smallest absolute Gasteiger partial charge is 0.254 e. The Labute approximate surface area is 127 Å². The zero-order valence-corrected chi connectivity index (χ0v) is 13.3. The highest BCUT2D eigenvalue weighted by atomic mass is 79.9. The van der Waals surface area contributed by atoms with E-state index < -0.39 is 0 Å². The molecular formula is C14H17BrN2OS. The number of benzene rings is 1. The number of hydrogen-bond donors (Lipinski definition) is 1. The lowest BCUT2D eigenvalue weighted by molar-refractivity contribution is 0.0748. The molecule has 102 valence electrons. The highest BCUT2D eigenvalue weighted by molar-refractivity contribution is 9.10. The minimum Gasteiger partial charge on any atom is -0.393 e. The number of carbonyl (C=O) groups excluding carboxylic acids is 1. The molecule has 5 heteroatoms. The van der Waals surface area contributed by atoms with Gasteiger partial charge >= 0.3 is 0 Å². The van der Waals surface area contributed by atoms with E-state index >= 15 is 0 Å². The van der Waals surface area contributed by atoms with Gasteiger partial charge in [0, 0.05) is 29.0 Å². The molecule has 0 spiro atoms. The van der Waals surface area contributed by atoms with Gasteiger partial charge in [0.15, 0.2) is 0 Å². The van der Waals surface area contributed by atoms with Crippen LogP contribution in [-0.2, 0) is 0 Å². The monoisotopic (exact) mass is 340 g/mol. The molecule has 2 rings (SSSR count). The Kier molecular flexibility index (Phi) is 4.58. The van der Waals surface area contributed by atoms with E-state index in [1.54, 1.807) is 0 Å². The van der Waals surface area contributed by atoms with Crippen LogP contribution in [0.15, 0.2) is 22.7 Å². The largest absolute Gasteiger partial charge is 0.393 e. The number of amides is 1. The van der Waals surface area contributed by atoms with Crippen molar-refractivity contribution in [1.29, 1.82) is 0 Å². The summed E-state index contributed by atoms with van der Waals surface area (Å²) in [5.41, 5.74) is 7.33. The summed E-state index contributed by atoms with van der Waals surface area (Å²) < 4.78 is 0.931. The van der Waals surface area contributed by atoms with Gasteiger partial charge in [-0.1, -0.05) is 28.1 Å². The molecule has 0 saturated heterocycles. The molecule has 1 aliphatic rings. The highest BCUT2D eigenvalue weighted by Gasteiger charge is 2.32. The third-order valence-electron chi connectivity index (χ3n) is 3.14. The molecule has 0 radical (unpaired) electrons. The minimum absolute atomic E-state index is 0.0724. The molecule has 1 aromatic carbocycles. The van der Waals surface area contributed by atoms with Crippen molar-refractivity contribution in [2.24, 2.45) is 5.73 Å². The first-order valence-electron chi connectivity index (χ1n) is 6.34. The van der Waals surface area contributed by atoms with Crippen molar-refractivity contribution < 1.29 is 4.79 Å². The number of hydrogen-bond acceptors (Lipinski definition) is 2. The number of thiocarbonyl (C=S) groups is 1. The first-order chi connectivity index (χ1) is 8.97. The van der Waals surface area contributed by atoms with E-state index in [0.717, 1.165) is 28.4 Å². The maximum atomic E-state index is 12.6. The normalized spacial score (nSPS) is 14.2. The average Bonchev–Trinajstić information content (AvgIpc) is 3.11. The fourth-order valence-corrected chi connectivity index (χ4v) is 2.79. The SMILES string of the molecule is Cc1cc(Br)cc(C(=O)N(CCC(N)=S)C2CC2)c1. The molecular weight excluding hydrogens is 324 g/mol. The Bertz CT molecular complexity index is 494. The van der Waals surface area contributed by atoms with Crippen molar-refractivity contribution in [3.63, 3.8) is 0 Å². The molecule has 2 N–H and O–H groups in total. The predicted molar refractivity (Wildman–Crippen MR) is 84.3 cm³/mol. The number of rotatable bonds is 5. The number of nitrogens with two attached hydrogens (primary N) is 1. The van der Waals surface area contributed by atoms with Crippen LogP contribution in [0, 0.1) is 6.92 Å². The van der Waals surface area contributed by atoms with Crippen molar-refractivity contribution in [1.82, 2.24) is 4.90 Å². The van der Waals surface area contributed by atoms with Gasteiger partial charge in [-0.25, -0.2) is 0 Å². The second-order valence-electron chi connectivity index (χ2n) is 4.96. The van der Waals surface area contributed by atoms with Gasteiger partial charge in [0.05, 0.1) is 4.99 Å². The lowest BCUT2D eigenvalue weighted by Crippen LogP contribution is -2.35. The zero-order valence-electron chi connectivity index (χ0n) is 10.9. The first kappa shape index (κ1) is 14.5. The highest BCUT2D eigenvalue weighted by Crippen LogP contribution is 2.29. The van der Waals surface area contributed by atoms with Gasteiger partial charge in [-0.05, 0) is 43.5 Å². The fourth-order valence-electron chi connectivity index (χ4n) is 2.09. The number of carbonyl (C=O) groups is 1. The van der Waals surface area contributed by atoms with Crippen LogP contribution < -0.4 is 5.73 Å². The number of nitrogens with zero attached hydrogens (tertiary/aromatic N) is 1. The second-order valence-corrected chi connectivity index (χ2v) is 6.40. The molecule has 0 unspecified atom stereocenters. The standard InChI is InChI=1S/C14H17BrN2OS/c1-9-6-10(8-11(15)7-9)14(18)17(12-2-3-12)5-4-13(16)19/h6-8,12H,2-5H2,1H3,(H2,16,19). The maximum absolute atomic E-state index is 12.6. The maximum Gasteiger partial charge on any atom is 0.254 e. The topological polar surface area (TPSA) is 46.3 Å². The molecule has 3 nitrogen and oxygen atoms in total. The molecule has 1 saturated carbocycles. The van der Waals surface area contributed by atoms with E-state index in [-0.39, 0.29) is 5.91 Å². The molecule has 0 aromatic heterocycles. The lowest BCUT2D eigenvalue weighted by atomic mass is 10.1. The van der Waals surface area contributed by atoms with Crippen LogP contribution in [0.2, 0.25) is 0 Å². The van der Waals surface area contributed by atoms with Gasteiger partial charge in [0.25, 0.3) is 5.91 Å². The van der Waals surface area contributed by atoms with Gasteiger partial charge < -0.3 is 10.6 Å². The molecule has 0 heterocycles. The van der Waals surface area contributed by atoms with E-state index in [1.165, 1.54) is 0 Å². The van der Waals surface area contributed by atoms with E-state index in [1.807, 2.05) is 30.0 Å². The van der Waals surface area contributed by atoms with Gasteiger partial charge in [0.1, 0.15) is 0 Å². The van der Waals surface area contributed by atoms with Gasteiger partial charge in [-0.15, -0.1) is 0 Å². The molecule has 19 heavy (non-hydrogen) atoms. The van der Waals surface area contributed by atoms with Crippen LogP contribution in [0.1, 0.15) is 35.2 Å². The van der Waals surface area contributed by atoms with Gasteiger partial charge in [-0.2, -0.15) is 0 Å². The Balaban J connectivity index is 2.16. The Hall–Kier alpha value is -0.940. The summed E-state index contributed by atoms with van der Waals surface area (Å²) in [5.74, 6) is 0.0724. The van der Waals surface area contributed by atoms with Crippen LogP contribution in [0.25, 0.3) is 0 Å². The summed E-state index contributed by atoms with van der Waals surface area (Å²) >= 11 is 8.33. The molecule has 1 fully saturated rings. The summed E-state index contributed by atoms with van der Waals surface area (Å²) in [6.07, 6.45) is 2.75. The molecule has 1 amide bonds. The number of halogens is 1. The minimum atomic E-state index is 0.0724. The average molecular weight is 341 g/mol. The summed E-state index contributed by atoms with van der Waals surface area (Å²) in [4.78, 5) is 14.9. The van der Waals surface area contributed by atoms with E-state index in [9.17, 15) is 4.79 Å². The van der Waals surface area contributed by atoms with Crippen LogP contribution in [-0.4, -0.2) is 28.4 Å². The summed E-state index contributed by atoms with van der Waals surface area (Å²) in [7, 11) is 0. The Morgan fingerprint density at radius 3 is 2.68 bits per heavy atom. The van der Waals surface area contributed by atoms with Crippen LogP contribution in [0.5, 0.6) is 0 Å². The molecule has 1 aromatic rings. The molecule has 0 bridgehead atoms. The van der Waals surface area contributed by atoms with Gasteiger partial charge in [-0.3, -0.25) is 4.79 Å². The second kappa shape index (κ2) is 6.01. The van der Waals surface area contributed by atoms with Crippen molar-refractivity contribution in [2.45, 2.75) is 32.2 Å². The van der Waals surface area contributed by atoms with E-state index in [0.29, 0.717) is 24.0 Å². The first-order valence-corrected chi connectivity index (χ1v) is 7.54.